The molecule has 0 saturated heterocycles. The summed E-state index contributed by atoms with van der Waals surface area (Å²) in [6.07, 6.45) is 0. The first-order valence-corrected chi connectivity index (χ1v) is 7.06. The second-order valence-electron chi connectivity index (χ2n) is 4.89. The van der Waals surface area contributed by atoms with Crippen LogP contribution in [0.2, 0.25) is 0 Å². The van der Waals surface area contributed by atoms with Crippen molar-refractivity contribution in [3.63, 3.8) is 0 Å². The van der Waals surface area contributed by atoms with Crippen LogP contribution in [0.25, 0.3) is 0 Å². The van der Waals surface area contributed by atoms with E-state index in [2.05, 4.69) is 28.1 Å². The van der Waals surface area contributed by atoms with Crippen LogP contribution in [-0.4, -0.2) is 10.8 Å². The van der Waals surface area contributed by atoms with Gasteiger partial charge < -0.3 is 4.90 Å². The molecule has 1 heterocycles. The maximum atomic E-state index is 12.5. The van der Waals surface area contributed by atoms with Gasteiger partial charge in [-0.2, -0.15) is 0 Å². The van der Waals surface area contributed by atoms with E-state index < -0.39 is 0 Å². The summed E-state index contributed by atoms with van der Waals surface area (Å²) in [6.45, 7) is 3.42. The van der Waals surface area contributed by atoms with Gasteiger partial charge in [-0.1, -0.05) is 40.2 Å². The first-order valence-electron chi connectivity index (χ1n) is 6.27. The van der Waals surface area contributed by atoms with E-state index in [1.54, 1.807) is 0 Å². The molecule has 2 aromatic rings. The molecule has 0 radical (unpaired) electrons. The number of benzene rings is 2. The molecule has 0 spiro atoms. The number of hydrogen-bond acceptors (Lipinski definition) is 1. The summed E-state index contributed by atoms with van der Waals surface area (Å²) in [4.78, 5) is 14.4. The fraction of sp³-hybridized carbons (Fsp3) is 0.188. The molecule has 0 aromatic heterocycles. The summed E-state index contributed by atoms with van der Waals surface area (Å²) in [6, 6.07) is 14.0. The summed E-state index contributed by atoms with van der Waals surface area (Å²) in [7, 11) is 0. The molecular formula is C16H14BrNO. The van der Waals surface area contributed by atoms with E-state index in [0.29, 0.717) is 13.1 Å². The van der Waals surface area contributed by atoms with Crippen molar-refractivity contribution in [1.82, 2.24) is 4.90 Å². The Morgan fingerprint density at radius 1 is 1.11 bits per heavy atom. The first kappa shape index (κ1) is 12.4. The monoisotopic (exact) mass is 315 g/mol. The summed E-state index contributed by atoms with van der Waals surface area (Å²) < 4.78 is 1.04. The zero-order chi connectivity index (χ0) is 13.4. The van der Waals surface area contributed by atoms with Gasteiger partial charge in [0, 0.05) is 23.1 Å². The Balaban J connectivity index is 1.85. The molecule has 0 fully saturated rings. The third-order valence-electron chi connectivity index (χ3n) is 3.53. The third kappa shape index (κ3) is 2.30. The molecule has 0 saturated carbocycles. The molecule has 96 valence electrons. The zero-order valence-electron chi connectivity index (χ0n) is 10.7. The predicted octanol–water partition coefficient (Wildman–Crippen LogP) is 3.91. The van der Waals surface area contributed by atoms with Crippen molar-refractivity contribution in [2.45, 2.75) is 20.0 Å². The lowest BCUT2D eigenvalue weighted by Gasteiger charge is -2.16. The molecule has 0 aliphatic carbocycles. The van der Waals surface area contributed by atoms with Crippen molar-refractivity contribution in [2.75, 3.05) is 0 Å². The number of carbonyl (C=O) groups is 1. The fourth-order valence-corrected chi connectivity index (χ4v) is 2.68. The highest BCUT2D eigenvalue weighted by atomic mass is 79.9. The van der Waals surface area contributed by atoms with Gasteiger partial charge in [0.2, 0.25) is 0 Å². The molecule has 0 atom stereocenters. The van der Waals surface area contributed by atoms with E-state index in [0.717, 1.165) is 15.6 Å². The van der Waals surface area contributed by atoms with Crippen molar-refractivity contribution in [2.24, 2.45) is 0 Å². The second kappa shape index (κ2) is 4.82. The summed E-state index contributed by atoms with van der Waals surface area (Å²) in [5, 5.41) is 0. The number of rotatable bonds is 1. The maximum Gasteiger partial charge on any atom is 0.254 e. The smallest absolute Gasteiger partial charge is 0.254 e. The van der Waals surface area contributed by atoms with Crippen LogP contribution in [-0.2, 0) is 13.1 Å². The Bertz CT molecular complexity index is 626. The Hall–Kier alpha value is -1.61. The molecule has 2 aromatic carbocycles. The largest absolute Gasteiger partial charge is 0.330 e. The van der Waals surface area contributed by atoms with Gasteiger partial charge in [-0.15, -0.1) is 0 Å². The number of hydrogen-bond donors (Lipinski definition) is 0. The fourth-order valence-electron chi connectivity index (χ4n) is 2.44. The molecular weight excluding hydrogens is 302 g/mol. The number of nitrogens with zero attached hydrogens (tertiary/aromatic N) is 1. The second-order valence-corrected chi connectivity index (χ2v) is 5.75. The molecule has 1 aliphatic rings. The van der Waals surface area contributed by atoms with Gasteiger partial charge in [0.05, 0.1) is 0 Å². The van der Waals surface area contributed by atoms with Crippen LogP contribution >= 0.6 is 15.9 Å². The summed E-state index contributed by atoms with van der Waals surface area (Å²) in [5.41, 5.74) is 4.35. The summed E-state index contributed by atoms with van der Waals surface area (Å²) in [5.74, 6) is 0.104. The zero-order valence-corrected chi connectivity index (χ0v) is 12.3. The van der Waals surface area contributed by atoms with Crippen molar-refractivity contribution < 1.29 is 4.79 Å². The van der Waals surface area contributed by atoms with Gasteiger partial charge in [-0.05, 0) is 41.8 Å². The predicted molar refractivity (Wildman–Crippen MR) is 78.9 cm³/mol. The SMILES string of the molecule is Cc1cc(C(=O)N2Cc3ccccc3C2)ccc1Br. The highest BCUT2D eigenvalue weighted by Gasteiger charge is 2.23. The Labute approximate surface area is 121 Å². The molecule has 0 unspecified atom stereocenters. The van der Waals surface area contributed by atoms with Crippen molar-refractivity contribution in [1.29, 1.82) is 0 Å². The topological polar surface area (TPSA) is 20.3 Å². The van der Waals surface area contributed by atoms with E-state index in [4.69, 9.17) is 0 Å². The van der Waals surface area contributed by atoms with Crippen LogP contribution in [0.5, 0.6) is 0 Å². The van der Waals surface area contributed by atoms with E-state index in [1.165, 1.54) is 11.1 Å². The lowest BCUT2D eigenvalue weighted by atomic mass is 10.1. The Kier molecular flexibility index (Phi) is 3.15. The first-order chi connectivity index (χ1) is 9.15. The van der Waals surface area contributed by atoms with Gasteiger partial charge in [0.1, 0.15) is 0 Å². The number of fused-ring (bicyclic) bond motifs is 1. The van der Waals surface area contributed by atoms with Gasteiger partial charge >= 0.3 is 0 Å². The van der Waals surface area contributed by atoms with Gasteiger partial charge in [0.25, 0.3) is 5.91 Å². The van der Waals surface area contributed by atoms with Gasteiger partial charge in [0.15, 0.2) is 0 Å². The molecule has 0 bridgehead atoms. The minimum absolute atomic E-state index is 0.104. The van der Waals surface area contributed by atoms with Crippen LogP contribution in [0.3, 0.4) is 0 Å². The molecule has 1 aliphatic heterocycles. The molecule has 0 N–H and O–H groups in total. The molecule has 2 nitrogen and oxygen atoms in total. The molecule has 3 rings (SSSR count). The van der Waals surface area contributed by atoms with Crippen molar-refractivity contribution in [3.05, 3.63) is 69.2 Å². The van der Waals surface area contributed by atoms with Crippen LogP contribution < -0.4 is 0 Å². The van der Waals surface area contributed by atoms with Crippen molar-refractivity contribution >= 4 is 21.8 Å². The normalized spacial score (nSPS) is 13.5. The van der Waals surface area contributed by atoms with Gasteiger partial charge in [-0.3, -0.25) is 4.79 Å². The number of halogens is 1. The van der Waals surface area contributed by atoms with Crippen LogP contribution in [0.15, 0.2) is 46.9 Å². The van der Waals surface area contributed by atoms with Crippen LogP contribution in [0.4, 0.5) is 0 Å². The molecule has 1 amide bonds. The van der Waals surface area contributed by atoms with E-state index in [-0.39, 0.29) is 5.91 Å². The highest BCUT2D eigenvalue weighted by Crippen LogP contribution is 2.25. The lowest BCUT2D eigenvalue weighted by Crippen LogP contribution is -2.25. The van der Waals surface area contributed by atoms with E-state index >= 15 is 0 Å². The Morgan fingerprint density at radius 2 is 1.74 bits per heavy atom. The third-order valence-corrected chi connectivity index (χ3v) is 4.42. The average Bonchev–Trinajstić information content (AvgIpc) is 2.85. The van der Waals surface area contributed by atoms with Crippen LogP contribution in [0, 0.1) is 6.92 Å². The average molecular weight is 316 g/mol. The minimum atomic E-state index is 0.104. The van der Waals surface area contributed by atoms with Crippen LogP contribution in [0.1, 0.15) is 27.0 Å². The highest BCUT2D eigenvalue weighted by molar-refractivity contribution is 9.10. The number of amides is 1. The number of carbonyl (C=O) groups excluding carboxylic acids is 1. The van der Waals surface area contributed by atoms with Gasteiger partial charge in [-0.25, -0.2) is 0 Å². The standard InChI is InChI=1S/C16H14BrNO/c1-11-8-12(6-7-15(11)17)16(19)18-9-13-4-2-3-5-14(13)10-18/h2-8H,9-10H2,1H3. The summed E-state index contributed by atoms with van der Waals surface area (Å²) >= 11 is 3.46. The lowest BCUT2D eigenvalue weighted by molar-refractivity contribution is 0.0751. The quantitative estimate of drug-likeness (QED) is 0.781. The minimum Gasteiger partial charge on any atom is -0.330 e. The Morgan fingerprint density at radius 3 is 2.32 bits per heavy atom. The van der Waals surface area contributed by atoms with Crippen molar-refractivity contribution in [3.8, 4) is 0 Å². The molecule has 19 heavy (non-hydrogen) atoms. The number of aryl methyl sites for hydroxylation is 1. The van der Waals surface area contributed by atoms with E-state index in [9.17, 15) is 4.79 Å². The van der Waals surface area contributed by atoms with E-state index in [1.807, 2.05) is 42.2 Å². The maximum absolute atomic E-state index is 12.5. The molecule has 3 heteroatoms.